The van der Waals surface area contributed by atoms with Crippen molar-refractivity contribution in [3.63, 3.8) is 0 Å². The van der Waals surface area contributed by atoms with E-state index in [9.17, 15) is 8.78 Å². The first-order valence-corrected chi connectivity index (χ1v) is 6.21. The lowest BCUT2D eigenvalue weighted by Gasteiger charge is -2.28. The normalized spacial score (nSPS) is 11.8. The van der Waals surface area contributed by atoms with Gasteiger partial charge in [0, 0.05) is 12.6 Å². The summed E-state index contributed by atoms with van der Waals surface area (Å²) in [4.78, 5) is 1.65. The van der Waals surface area contributed by atoms with Crippen LogP contribution in [0.4, 0.5) is 14.5 Å². The van der Waals surface area contributed by atoms with Crippen LogP contribution in [0.1, 0.15) is 24.1 Å². The van der Waals surface area contributed by atoms with Crippen molar-refractivity contribution in [1.29, 1.82) is 5.26 Å². The summed E-state index contributed by atoms with van der Waals surface area (Å²) in [7, 11) is 1.70. The van der Waals surface area contributed by atoms with Gasteiger partial charge in [-0.2, -0.15) is 5.26 Å². The molecule has 0 radical (unpaired) electrons. The lowest BCUT2D eigenvalue weighted by atomic mass is 10.1. The Balaban J connectivity index is 2.34. The molecule has 0 fully saturated rings. The molecule has 2 aromatic rings. The molecule has 0 aromatic heterocycles. The Kier molecular flexibility index (Phi) is 3.99. The first-order valence-electron chi connectivity index (χ1n) is 6.21. The van der Waals surface area contributed by atoms with E-state index in [0.29, 0.717) is 11.3 Å². The summed E-state index contributed by atoms with van der Waals surface area (Å²) in [6.07, 6.45) is 0. The van der Waals surface area contributed by atoms with Gasteiger partial charge in [0.15, 0.2) is 0 Å². The van der Waals surface area contributed by atoms with Crippen LogP contribution in [0.2, 0.25) is 0 Å². The lowest BCUT2D eigenvalue weighted by molar-refractivity contribution is 0.575. The molecule has 0 N–H and O–H groups in total. The van der Waals surface area contributed by atoms with Gasteiger partial charge in [-0.15, -0.1) is 0 Å². The quantitative estimate of drug-likeness (QED) is 0.843. The monoisotopic (exact) mass is 272 g/mol. The molecular formula is C16H14F2N2. The van der Waals surface area contributed by atoms with Crippen molar-refractivity contribution < 1.29 is 8.78 Å². The molecule has 1 atom stereocenters. The van der Waals surface area contributed by atoms with Gasteiger partial charge in [0.05, 0.1) is 23.4 Å². The summed E-state index contributed by atoms with van der Waals surface area (Å²) in [6.45, 7) is 1.80. The Labute approximate surface area is 116 Å². The average molecular weight is 272 g/mol. The van der Waals surface area contributed by atoms with E-state index >= 15 is 0 Å². The molecule has 0 bridgehead atoms. The highest BCUT2D eigenvalue weighted by atomic mass is 19.1. The summed E-state index contributed by atoms with van der Waals surface area (Å²) in [5.41, 5.74) is 1.09. The largest absolute Gasteiger partial charge is 0.365 e. The van der Waals surface area contributed by atoms with Gasteiger partial charge in [0.2, 0.25) is 0 Å². The second-order valence-corrected chi connectivity index (χ2v) is 4.59. The lowest BCUT2D eigenvalue weighted by Crippen LogP contribution is -2.23. The van der Waals surface area contributed by atoms with Crippen molar-refractivity contribution in [2.45, 2.75) is 13.0 Å². The van der Waals surface area contributed by atoms with Crippen LogP contribution in [-0.2, 0) is 0 Å². The van der Waals surface area contributed by atoms with Gasteiger partial charge in [-0.05, 0) is 31.2 Å². The van der Waals surface area contributed by atoms with Crippen LogP contribution in [-0.4, -0.2) is 7.05 Å². The van der Waals surface area contributed by atoms with E-state index in [1.54, 1.807) is 43.1 Å². The van der Waals surface area contributed by atoms with Crippen LogP contribution in [0, 0.1) is 23.0 Å². The molecule has 0 spiro atoms. The van der Waals surface area contributed by atoms with E-state index in [1.165, 1.54) is 18.2 Å². The summed E-state index contributed by atoms with van der Waals surface area (Å²) in [5, 5.41) is 8.74. The molecule has 4 heteroatoms. The zero-order valence-corrected chi connectivity index (χ0v) is 11.3. The van der Waals surface area contributed by atoms with Crippen LogP contribution in [0.3, 0.4) is 0 Å². The number of benzene rings is 2. The first kappa shape index (κ1) is 14.0. The number of hydrogen-bond donors (Lipinski definition) is 0. The molecule has 2 aromatic carbocycles. The molecule has 20 heavy (non-hydrogen) atoms. The van der Waals surface area contributed by atoms with Gasteiger partial charge in [0.25, 0.3) is 0 Å². The molecule has 102 valence electrons. The highest BCUT2D eigenvalue weighted by molar-refractivity contribution is 5.52. The van der Waals surface area contributed by atoms with Crippen molar-refractivity contribution in [3.8, 4) is 6.07 Å². The van der Waals surface area contributed by atoms with Gasteiger partial charge >= 0.3 is 0 Å². The van der Waals surface area contributed by atoms with Crippen molar-refractivity contribution >= 4 is 5.69 Å². The zero-order chi connectivity index (χ0) is 14.7. The molecule has 0 aliphatic rings. The van der Waals surface area contributed by atoms with Crippen molar-refractivity contribution in [2.24, 2.45) is 0 Å². The SMILES string of the molecule is CC(c1ccccc1F)N(C)c1ccc(C#N)cc1F. The molecule has 2 nitrogen and oxygen atoms in total. The van der Waals surface area contributed by atoms with Crippen LogP contribution < -0.4 is 4.90 Å². The molecule has 0 saturated heterocycles. The number of rotatable bonds is 3. The fourth-order valence-electron chi connectivity index (χ4n) is 2.09. The van der Waals surface area contributed by atoms with E-state index < -0.39 is 5.82 Å². The Morgan fingerprint density at radius 2 is 1.80 bits per heavy atom. The van der Waals surface area contributed by atoms with Gasteiger partial charge < -0.3 is 4.90 Å². The standard InChI is InChI=1S/C16H14F2N2/c1-11(13-5-3-4-6-14(13)17)20(2)16-8-7-12(10-19)9-15(16)18/h3-9,11H,1-2H3. The molecule has 1 unspecified atom stereocenters. The van der Waals surface area contributed by atoms with Crippen molar-refractivity contribution in [3.05, 3.63) is 65.2 Å². The van der Waals surface area contributed by atoms with Crippen molar-refractivity contribution in [2.75, 3.05) is 11.9 Å². The molecule has 0 aliphatic carbocycles. The maximum atomic E-state index is 14.0. The minimum atomic E-state index is -0.491. The van der Waals surface area contributed by atoms with Gasteiger partial charge in [-0.25, -0.2) is 8.78 Å². The molecule has 0 saturated carbocycles. The minimum Gasteiger partial charge on any atom is -0.365 e. The van der Waals surface area contributed by atoms with E-state index in [2.05, 4.69) is 0 Å². The number of nitriles is 1. The minimum absolute atomic E-state index is 0.262. The topological polar surface area (TPSA) is 27.0 Å². The van der Waals surface area contributed by atoms with E-state index in [0.717, 1.165) is 0 Å². The Bertz CT molecular complexity index is 662. The van der Waals surface area contributed by atoms with E-state index in [4.69, 9.17) is 5.26 Å². The van der Waals surface area contributed by atoms with Gasteiger partial charge in [0.1, 0.15) is 11.6 Å². The van der Waals surface area contributed by atoms with E-state index in [-0.39, 0.29) is 17.4 Å². The first-order chi connectivity index (χ1) is 9.54. The Hall–Kier alpha value is -2.41. The highest BCUT2D eigenvalue weighted by Gasteiger charge is 2.18. The van der Waals surface area contributed by atoms with Gasteiger partial charge in [-0.3, -0.25) is 0 Å². The van der Waals surface area contributed by atoms with Crippen LogP contribution in [0.25, 0.3) is 0 Å². The predicted octanol–water partition coefficient (Wildman–Crippen LogP) is 4.03. The second kappa shape index (κ2) is 5.70. The van der Waals surface area contributed by atoms with Crippen LogP contribution >= 0.6 is 0 Å². The molecule has 0 heterocycles. The van der Waals surface area contributed by atoms with Gasteiger partial charge in [-0.1, -0.05) is 18.2 Å². The highest BCUT2D eigenvalue weighted by Crippen LogP contribution is 2.29. The zero-order valence-electron chi connectivity index (χ0n) is 11.3. The number of halogens is 2. The smallest absolute Gasteiger partial charge is 0.147 e. The number of anilines is 1. The fourth-order valence-corrected chi connectivity index (χ4v) is 2.09. The Morgan fingerprint density at radius 1 is 1.10 bits per heavy atom. The molecule has 0 aliphatic heterocycles. The summed E-state index contributed by atoms with van der Waals surface area (Å²) in [5.74, 6) is -0.810. The van der Waals surface area contributed by atoms with Crippen LogP contribution in [0.15, 0.2) is 42.5 Å². The average Bonchev–Trinajstić information content (AvgIpc) is 2.46. The summed E-state index contributed by atoms with van der Waals surface area (Å²) < 4.78 is 27.7. The third-order valence-corrected chi connectivity index (χ3v) is 3.39. The molecular weight excluding hydrogens is 258 g/mol. The third kappa shape index (κ3) is 2.62. The van der Waals surface area contributed by atoms with Crippen molar-refractivity contribution in [1.82, 2.24) is 0 Å². The summed E-state index contributed by atoms with van der Waals surface area (Å²) >= 11 is 0. The second-order valence-electron chi connectivity index (χ2n) is 4.59. The van der Waals surface area contributed by atoms with E-state index in [1.807, 2.05) is 6.07 Å². The number of hydrogen-bond acceptors (Lipinski definition) is 2. The maximum Gasteiger partial charge on any atom is 0.147 e. The predicted molar refractivity (Wildman–Crippen MR) is 74.3 cm³/mol. The fraction of sp³-hybridized carbons (Fsp3) is 0.188. The van der Waals surface area contributed by atoms with Crippen LogP contribution in [0.5, 0.6) is 0 Å². The third-order valence-electron chi connectivity index (χ3n) is 3.39. The molecule has 0 amide bonds. The summed E-state index contributed by atoms with van der Waals surface area (Å²) in [6, 6.07) is 12.3. The number of nitrogens with zero attached hydrogens (tertiary/aromatic N) is 2. The maximum absolute atomic E-state index is 14.0. The Morgan fingerprint density at radius 3 is 2.40 bits per heavy atom. The molecule has 2 rings (SSSR count).